The van der Waals surface area contributed by atoms with Crippen molar-refractivity contribution in [3.05, 3.63) is 78.4 Å². The van der Waals surface area contributed by atoms with Gasteiger partial charge in [0, 0.05) is 11.5 Å². The van der Waals surface area contributed by atoms with Crippen LogP contribution >= 0.6 is 0 Å². The molecule has 0 aliphatic carbocycles. The molecule has 1 N–H and O–H groups in total. The Morgan fingerprint density at radius 2 is 1.43 bits per heavy atom. The molecule has 0 bridgehead atoms. The number of hydrogen-bond acceptors (Lipinski definition) is 10. The Morgan fingerprint density at radius 1 is 0.900 bits per heavy atom. The number of rotatable bonds is 8. The topological polar surface area (TPSA) is 204 Å². The molecular weight excluding hydrogens is 548 g/mol. The molecule has 2 heterocycles. The molecule has 14 nitrogen and oxygen atoms in total. The lowest BCUT2D eigenvalue weighted by Crippen LogP contribution is -3.21. The van der Waals surface area contributed by atoms with Gasteiger partial charge < -0.3 is 14.2 Å². The van der Waals surface area contributed by atoms with E-state index in [1.54, 1.807) is 4.90 Å². The standard InChI is InChI=1S/C19H29NO.C6H3N3O9S/c1-6-16-17(7-2)20(13-15-11-9-8-10-12-15)14(3)18(4)19(16,5)21-18;10-7(11)3-1-4(8(12)13)6(19(16,17)18)5(2-3)9(14)15/h8-12,14,16-17H,6-7,13H2,1-5H3;1-2H,(H,16,17,18)/t14-,16-,17-,18+,19-;/m1./s1. The largest absolute Gasteiger partial charge is 0.744 e. The van der Waals surface area contributed by atoms with E-state index in [0.717, 1.165) is 6.54 Å². The summed E-state index contributed by atoms with van der Waals surface area (Å²) in [5.41, 5.74) is -2.51. The van der Waals surface area contributed by atoms with Crippen molar-refractivity contribution in [1.82, 2.24) is 0 Å². The number of ether oxygens (including phenoxy) is 1. The smallest absolute Gasteiger partial charge is 0.300 e. The summed E-state index contributed by atoms with van der Waals surface area (Å²) in [7, 11) is -5.55. The van der Waals surface area contributed by atoms with Crippen molar-refractivity contribution in [2.24, 2.45) is 5.92 Å². The van der Waals surface area contributed by atoms with Crippen LogP contribution in [0.1, 0.15) is 53.0 Å². The molecule has 0 amide bonds. The summed E-state index contributed by atoms with van der Waals surface area (Å²) in [6.07, 6.45) is 2.45. The summed E-state index contributed by atoms with van der Waals surface area (Å²) in [4.78, 5) is 27.6. The number of quaternary nitrogens is 1. The first-order valence-corrected chi connectivity index (χ1v) is 14.1. The summed E-state index contributed by atoms with van der Waals surface area (Å²) in [5, 5.41) is 31.6. The first-order valence-electron chi connectivity index (χ1n) is 12.7. The molecular formula is C25H32N4O10S. The number of nitrogens with one attached hydrogen (secondary N) is 1. The van der Waals surface area contributed by atoms with Gasteiger partial charge in [-0.15, -0.1) is 0 Å². The van der Waals surface area contributed by atoms with Crippen molar-refractivity contribution in [1.29, 1.82) is 0 Å². The molecule has 15 heteroatoms. The molecule has 0 radical (unpaired) electrons. The molecule has 2 fully saturated rings. The lowest BCUT2D eigenvalue weighted by molar-refractivity contribution is -0.972. The van der Waals surface area contributed by atoms with Crippen LogP contribution in [0.25, 0.3) is 0 Å². The lowest BCUT2D eigenvalue weighted by atomic mass is 9.70. The molecule has 218 valence electrons. The second-order valence-corrected chi connectivity index (χ2v) is 11.7. The third-order valence-corrected chi connectivity index (χ3v) is 9.36. The van der Waals surface area contributed by atoms with E-state index in [2.05, 4.69) is 65.0 Å². The van der Waals surface area contributed by atoms with Gasteiger partial charge >= 0.3 is 11.4 Å². The van der Waals surface area contributed by atoms with Crippen LogP contribution < -0.4 is 4.90 Å². The van der Waals surface area contributed by atoms with Crippen molar-refractivity contribution >= 4 is 27.2 Å². The van der Waals surface area contributed by atoms with Gasteiger partial charge in [-0.25, -0.2) is 8.42 Å². The Bertz CT molecular complexity index is 1380. The monoisotopic (exact) mass is 580 g/mol. The maximum Gasteiger partial charge on any atom is 0.300 e. The van der Waals surface area contributed by atoms with Gasteiger partial charge in [-0.3, -0.25) is 30.3 Å². The molecule has 0 saturated carbocycles. The number of piperidine rings is 1. The third-order valence-electron chi connectivity index (χ3n) is 8.44. The van der Waals surface area contributed by atoms with E-state index < -0.39 is 46.8 Å². The molecule has 0 spiro atoms. The SMILES string of the molecule is CC[C@@H]1[C@@H](CC)[C@@]2(C)O[C@@]2(C)[C@@H](C)[NH+]1Cc1ccccc1.O=[N+]([O-])c1cc([N+](=O)[O-])c(S(=O)(=O)[O-])c([N+](=O)[O-])c1. The van der Waals surface area contributed by atoms with Crippen LogP contribution in [0.2, 0.25) is 0 Å². The van der Waals surface area contributed by atoms with E-state index in [9.17, 15) is 43.3 Å². The fraction of sp³-hybridized carbons (Fsp3) is 0.520. The number of nitrogens with zero attached hydrogens (tertiary/aromatic N) is 3. The van der Waals surface area contributed by atoms with Gasteiger partial charge in [0.2, 0.25) is 4.90 Å². The minimum absolute atomic E-state index is 0.0590. The van der Waals surface area contributed by atoms with Gasteiger partial charge in [0.1, 0.15) is 33.9 Å². The van der Waals surface area contributed by atoms with Crippen molar-refractivity contribution in [3.63, 3.8) is 0 Å². The summed E-state index contributed by atoms with van der Waals surface area (Å²) in [5.74, 6) is 0.669. The molecule has 2 aromatic carbocycles. The Hall–Kier alpha value is -3.53. The minimum atomic E-state index is -5.55. The molecule has 1 unspecified atom stereocenters. The molecule has 6 atom stereocenters. The average molecular weight is 581 g/mol. The van der Waals surface area contributed by atoms with Crippen molar-refractivity contribution < 1.29 is 37.4 Å². The Kier molecular flexibility index (Phi) is 8.65. The number of non-ortho nitro benzene ring substituents is 1. The molecule has 40 heavy (non-hydrogen) atoms. The minimum Gasteiger partial charge on any atom is -0.744 e. The number of epoxide rings is 1. The second kappa shape index (κ2) is 11.2. The van der Waals surface area contributed by atoms with Gasteiger partial charge in [-0.1, -0.05) is 44.2 Å². The number of likely N-dealkylation sites (tertiary alicyclic amines) is 1. The highest BCUT2D eigenvalue weighted by molar-refractivity contribution is 7.86. The summed E-state index contributed by atoms with van der Waals surface area (Å²) < 4.78 is 38.8. The van der Waals surface area contributed by atoms with Gasteiger partial charge in [0.25, 0.3) is 5.69 Å². The Balaban J connectivity index is 0.000000222. The van der Waals surface area contributed by atoms with Crippen LogP contribution in [0.4, 0.5) is 17.1 Å². The van der Waals surface area contributed by atoms with Crippen LogP contribution in [0, 0.1) is 36.3 Å². The zero-order valence-corrected chi connectivity index (χ0v) is 23.5. The van der Waals surface area contributed by atoms with E-state index in [4.69, 9.17) is 4.74 Å². The summed E-state index contributed by atoms with van der Waals surface area (Å²) in [6, 6.07) is 12.5. The highest BCUT2D eigenvalue weighted by atomic mass is 32.2. The van der Waals surface area contributed by atoms with Crippen molar-refractivity contribution in [3.8, 4) is 0 Å². The number of fused-ring (bicyclic) bond motifs is 1. The summed E-state index contributed by atoms with van der Waals surface area (Å²) >= 11 is 0. The summed E-state index contributed by atoms with van der Waals surface area (Å²) in [6.45, 7) is 12.9. The maximum absolute atomic E-state index is 10.8. The number of nitro groups is 3. The van der Waals surface area contributed by atoms with E-state index in [0.29, 0.717) is 18.0 Å². The van der Waals surface area contributed by atoms with E-state index in [1.807, 2.05) is 0 Å². The second-order valence-electron chi connectivity index (χ2n) is 10.3. The van der Waals surface area contributed by atoms with Gasteiger partial charge in [-0.05, 0) is 33.6 Å². The quantitative estimate of drug-likeness (QED) is 0.209. The normalized spacial score (nSPS) is 28.9. The predicted octanol–water partition coefficient (Wildman–Crippen LogP) is 3.14. The fourth-order valence-electron chi connectivity index (χ4n) is 6.25. The fourth-order valence-corrected chi connectivity index (χ4v) is 7.03. The van der Waals surface area contributed by atoms with Crippen molar-refractivity contribution in [2.45, 2.75) is 82.2 Å². The van der Waals surface area contributed by atoms with E-state index >= 15 is 0 Å². The first-order chi connectivity index (χ1) is 18.5. The third kappa shape index (κ3) is 5.54. The molecule has 2 aromatic rings. The Morgan fingerprint density at radius 3 is 1.82 bits per heavy atom. The Labute approximate surface area is 231 Å². The van der Waals surface area contributed by atoms with Crippen LogP contribution in [-0.4, -0.2) is 51.0 Å². The maximum atomic E-state index is 10.8. The van der Waals surface area contributed by atoms with E-state index in [-0.39, 0.29) is 23.3 Å². The molecule has 2 aliphatic heterocycles. The van der Waals surface area contributed by atoms with Gasteiger partial charge in [-0.2, -0.15) is 0 Å². The molecule has 4 rings (SSSR count). The lowest BCUT2D eigenvalue weighted by Gasteiger charge is -2.45. The van der Waals surface area contributed by atoms with E-state index in [1.165, 1.54) is 18.4 Å². The van der Waals surface area contributed by atoms with Crippen LogP contribution in [0.15, 0.2) is 47.4 Å². The van der Waals surface area contributed by atoms with Crippen LogP contribution in [0.5, 0.6) is 0 Å². The van der Waals surface area contributed by atoms with Crippen molar-refractivity contribution in [2.75, 3.05) is 0 Å². The zero-order chi connectivity index (χ0) is 30.2. The number of hydrogen-bond donors (Lipinski definition) is 1. The van der Waals surface area contributed by atoms with Gasteiger partial charge in [0.15, 0.2) is 0 Å². The number of benzene rings is 2. The average Bonchev–Trinajstić information content (AvgIpc) is 3.48. The molecule has 2 aliphatic rings. The highest BCUT2D eigenvalue weighted by Gasteiger charge is 2.77. The van der Waals surface area contributed by atoms with Gasteiger partial charge in [0.05, 0.1) is 32.9 Å². The molecule has 0 aromatic heterocycles. The highest BCUT2D eigenvalue weighted by Crippen LogP contribution is 2.57. The predicted molar refractivity (Wildman–Crippen MR) is 141 cm³/mol. The first kappa shape index (κ1) is 31.0. The van der Waals surface area contributed by atoms with Crippen LogP contribution in [-0.2, 0) is 21.4 Å². The van der Waals surface area contributed by atoms with Crippen LogP contribution in [0.3, 0.4) is 0 Å². The zero-order valence-electron chi connectivity index (χ0n) is 22.7. The molecule has 2 saturated heterocycles. The number of nitro benzene ring substituents is 3.